The number of aryl methyl sites for hydroxylation is 1. The number of hydrogen-bond donors (Lipinski definition) is 2. The Morgan fingerprint density at radius 1 is 1.67 bits per heavy atom. The van der Waals surface area contributed by atoms with Crippen molar-refractivity contribution >= 4 is 27.8 Å². The normalized spacial score (nSPS) is 25.4. The number of thioether (sulfide) groups is 1. The summed E-state index contributed by atoms with van der Waals surface area (Å²) in [6.45, 7) is 3.31. The summed E-state index contributed by atoms with van der Waals surface area (Å²) in [4.78, 5) is 17.6. The number of aromatic nitrogens is 2. The number of carboxylic acids is 1. The van der Waals surface area contributed by atoms with Gasteiger partial charge in [0.2, 0.25) is 0 Å². The summed E-state index contributed by atoms with van der Waals surface area (Å²) in [5.74, 6) is -0.408. The standard InChI is InChI=1S/C9H13N3O4S2/c1-5-10-3-8(11-5)18(15,16)12-6(2)17-4-7(12)9(13)14/h3,6-7H,4H2,1-2H3,(H,10,11)(H,13,14). The Bertz CT molecular complexity index is 568. The van der Waals surface area contributed by atoms with Crippen LogP contribution in [0.4, 0.5) is 0 Å². The third-order valence-corrected chi connectivity index (χ3v) is 5.92. The number of carboxylic acid groups (broad SMARTS) is 1. The Balaban J connectivity index is 2.42. The third-order valence-electron chi connectivity index (χ3n) is 2.68. The maximum Gasteiger partial charge on any atom is 0.322 e. The number of nitrogens with zero attached hydrogens (tertiary/aromatic N) is 2. The minimum absolute atomic E-state index is 0.0689. The van der Waals surface area contributed by atoms with Crippen LogP contribution in [0.3, 0.4) is 0 Å². The Morgan fingerprint density at radius 2 is 2.33 bits per heavy atom. The van der Waals surface area contributed by atoms with E-state index in [1.54, 1.807) is 13.8 Å². The van der Waals surface area contributed by atoms with Gasteiger partial charge < -0.3 is 10.1 Å². The zero-order valence-corrected chi connectivity index (χ0v) is 11.5. The van der Waals surface area contributed by atoms with Crippen molar-refractivity contribution in [2.75, 3.05) is 5.75 Å². The van der Waals surface area contributed by atoms with Crippen molar-refractivity contribution in [2.45, 2.75) is 30.3 Å². The molecule has 0 saturated carbocycles. The van der Waals surface area contributed by atoms with Gasteiger partial charge in [0.15, 0.2) is 5.03 Å². The van der Waals surface area contributed by atoms with Crippen molar-refractivity contribution < 1.29 is 18.3 Å². The second-order valence-corrected chi connectivity index (χ2v) is 7.11. The third kappa shape index (κ3) is 2.13. The number of H-pyrrole nitrogens is 1. The van der Waals surface area contributed by atoms with Gasteiger partial charge in [-0.05, 0) is 13.8 Å². The molecule has 1 saturated heterocycles. The highest BCUT2D eigenvalue weighted by Gasteiger charge is 2.45. The number of aliphatic carboxylic acids is 1. The van der Waals surface area contributed by atoms with Crippen LogP contribution in [-0.2, 0) is 14.8 Å². The molecule has 0 aliphatic carbocycles. The van der Waals surface area contributed by atoms with E-state index in [-0.39, 0.29) is 10.8 Å². The van der Waals surface area contributed by atoms with Gasteiger partial charge in [0.1, 0.15) is 11.9 Å². The first-order valence-corrected chi connectivity index (χ1v) is 7.72. The summed E-state index contributed by atoms with van der Waals surface area (Å²) in [6, 6.07) is -1.03. The minimum atomic E-state index is -3.85. The largest absolute Gasteiger partial charge is 0.480 e. The van der Waals surface area contributed by atoms with Crippen LogP contribution in [0.5, 0.6) is 0 Å². The lowest BCUT2D eigenvalue weighted by Crippen LogP contribution is -2.44. The predicted molar refractivity (Wildman–Crippen MR) is 65.7 cm³/mol. The monoisotopic (exact) mass is 291 g/mol. The van der Waals surface area contributed by atoms with Crippen LogP contribution in [0.25, 0.3) is 0 Å². The van der Waals surface area contributed by atoms with E-state index in [2.05, 4.69) is 9.97 Å². The molecule has 0 amide bonds. The van der Waals surface area contributed by atoms with Gasteiger partial charge in [-0.3, -0.25) is 4.79 Å². The smallest absolute Gasteiger partial charge is 0.322 e. The topological polar surface area (TPSA) is 103 Å². The molecule has 100 valence electrons. The lowest BCUT2D eigenvalue weighted by molar-refractivity contribution is -0.140. The molecule has 7 nitrogen and oxygen atoms in total. The molecule has 2 heterocycles. The summed E-state index contributed by atoms with van der Waals surface area (Å²) in [5, 5.41) is 8.60. The molecule has 0 radical (unpaired) electrons. The van der Waals surface area contributed by atoms with Gasteiger partial charge in [-0.25, -0.2) is 13.4 Å². The second-order valence-electron chi connectivity index (χ2n) is 3.95. The molecule has 1 fully saturated rings. The Morgan fingerprint density at radius 3 is 2.83 bits per heavy atom. The number of hydrogen-bond acceptors (Lipinski definition) is 5. The van der Waals surface area contributed by atoms with Gasteiger partial charge in [-0.15, -0.1) is 11.8 Å². The first-order valence-electron chi connectivity index (χ1n) is 5.23. The molecular weight excluding hydrogens is 278 g/mol. The van der Waals surface area contributed by atoms with E-state index in [1.165, 1.54) is 18.0 Å². The number of nitrogens with one attached hydrogen (secondary N) is 1. The highest BCUT2D eigenvalue weighted by molar-refractivity contribution is 8.01. The van der Waals surface area contributed by atoms with E-state index in [4.69, 9.17) is 5.11 Å². The molecule has 1 aliphatic rings. The van der Waals surface area contributed by atoms with Crippen LogP contribution in [0, 0.1) is 6.92 Å². The van der Waals surface area contributed by atoms with E-state index in [1.807, 2.05) is 0 Å². The molecule has 9 heteroatoms. The summed E-state index contributed by atoms with van der Waals surface area (Å²) in [6.07, 6.45) is 1.21. The van der Waals surface area contributed by atoms with Gasteiger partial charge >= 0.3 is 5.97 Å². The van der Waals surface area contributed by atoms with Crippen molar-refractivity contribution in [3.63, 3.8) is 0 Å². The molecule has 0 spiro atoms. The van der Waals surface area contributed by atoms with Gasteiger partial charge in [0.25, 0.3) is 10.0 Å². The summed E-state index contributed by atoms with van der Waals surface area (Å²) in [5.41, 5.74) is 0. The summed E-state index contributed by atoms with van der Waals surface area (Å²) < 4.78 is 25.7. The van der Waals surface area contributed by atoms with Crippen molar-refractivity contribution in [3.05, 3.63) is 12.0 Å². The Hall–Kier alpha value is -1.06. The summed E-state index contributed by atoms with van der Waals surface area (Å²) in [7, 11) is -3.85. The van der Waals surface area contributed by atoms with Crippen LogP contribution >= 0.6 is 11.8 Å². The fourth-order valence-corrected chi connectivity index (χ4v) is 5.07. The molecule has 1 aromatic rings. The quantitative estimate of drug-likeness (QED) is 0.827. The van der Waals surface area contributed by atoms with Crippen LogP contribution < -0.4 is 0 Å². The maximum atomic E-state index is 12.4. The lowest BCUT2D eigenvalue weighted by atomic mass is 10.3. The van der Waals surface area contributed by atoms with Crippen LogP contribution in [0.15, 0.2) is 11.2 Å². The van der Waals surface area contributed by atoms with Crippen molar-refractivity contribution in [2.24, 2.45) is 0 Å². The molecule has 0 bridgehead atoms. The molecule has 2 N–H and O–H groups in total. The van der Waals surface area contributed by atoms with Crippen molar-refractivity contribution in [3.8, 4) is 0 Å². The lowest BCUT2D eigenvalue weighted by Gasteiger charge is -2.23. The Labute approximate surface area is 109 Å². The average Bonchev–Trinajstić information content (AvgIpc) is 2.84. The molecule has 2 rings (SSSR count). The highest BCUT2D eigenvalue weighted by atomic mass is 32.2. The maximum absolute atomic E-state index is 12.4. The average molecular weight is 291 g/mol. The van der Waals surface area contributed by atoms with Gasteiger partial charge in [-0.1, -0.05) is 0 Å². The molecule has 1 aromatic heterocycles. The van der Waals surface area contributed by atoms with Gasteiger partial charge in [0.05, 0.1) is 11.6 Å². The molecule has 2 atom stereocenters. The Kier molecular flexibility index (Phi) is 3.39. The van der Waals surface area contributed by atoms with Crippen molar-refractivity contribution in [1.29, 1.82) is 0 Å². The van der Waals surface area contributed by atoms with Crippen molar-refractivity contribution in [1.82, 2.24) is 14.3 Å². The van der Waals surface area contributed by atoms with E-state index in [9.17, 15) is 13.2 Å². The van der Waals surface area contributed by atoms with Gasteiger partial charge in [-0.2, -0.15) is 4.31 Å². The zero-order valence-electron chi connectivity index (χ0n) is 9.82. The first kappa shape index (κ1) is 13.4. The molecular formula is C9H13N3O4S2. The SMILES string of the molecule is Cc1ncc(S(=O)(=O)N2C(C)SCC2C(=O)O)[nH]1. The molecule has 1 aliphatic heterocycles. The summed E-state index contributed by atoms with van der Waals surface area (Å²) >= 11 is 1.30. The minimum Gasteiger partial charge on any atom is -0.480 e. The van der Waals surface area contributed by atoms with E-state index < -0.39 is 27.4 Å². The van der Waals surface area contributed by atoms with Crippen LogP contribution in [0.1, 0.15) is 12.7 Å². The van der Waals surface area contributed by atoms with E-state index >= 15 is 0 Å². The number of sulfonamides is 1. The van der Waals surface area contributed by atoms with Crippen LogP contribution in [0.2, 0.25) is 0 Å². The fourth-order valence-electron chi connectivity index (χ4n) is 1.82. The number of imidazole rings is 1. The number of rotatable bonds is 3. The zero-order chi connectivity index (χ0) is 13.5. The number of aromatic amines is 1. The van der Waals surface area contributed by atoms with E-state index in [0.29, 0.717) is 5.82 Å². The highest BCUT2D eigenvalue weighted by Crippen LogP contribution is 2.33. The molecule has 18 heavy (non-hydrogen) atoms. The first-order chi connectivity index (χ1) is 8.34. The van der Waals surface area contributed by atoms with Gasteiger partial charge in [0, 0.05) is 5.75 Å². The van der Waals surface area contributed by atoms with E-state index in [0.717, 1.165) is 4.31 Å². The second kappa shape index (κ2) is 4.56. The molecule has 0 aromatic carbocycles. The predicted octanol–water partition coefficient (Wildman–Crippen LogP) is 0.255. The fraction of sp³-hybridized carbons (Fsp3) is 0.556. The van der Waals surface area contributed by atoms with Crippen LogP contribution in [-0.4, -0.2) is 50.9 Å². The molecule has 2 unspecified atom stereocenters. The number of carbonyl (C=O) groups is 1.